The zero-order valence-electron chi connectivity index (χ0n) is 20.4. The van der Waals surface area contributed by atoms with Gasteiger partial charge in [0.15, 0.2) is 0 Å². The summed E-state index contributed by atoms with van der Waals surface area (Å²) < 4.78 is 49.1. The molecule has 0 spiro atoms. The van der Waals surface area contributed by atoms with E-state index in [-0.39, 0.29) is 29.5 Å². The van der Waals surface area contributed by atoms with Crippen LogP contribution in [-0.4, -0.2) is 58.9 Å². The molecule has 2 aliphatic rings. The maximum atomic E-state index is 13.2. The number of alkyl halides is 3. The maximum Gasteiger partial charge on any atom is 0.573 e. The van der Waals surface area contributed by atoms with Gasteiger partial charge >= 0.3 is 6.36 Å². The summed E-state index contributed by atoms with van der Waals surface area (Å²) in [6, 6.07) is 5.04. The third-order valence-electron chi connectivity index (χ3n) is 7.00. The van der Waals surface area contributed by atoms with E-state index < -0.39 is 18.0 Å². The maximum absolute atomic E-state index is 13.2. The topological polar surface area (TPSA) is 85.7 Å². The van der Waals surface area contributed by atoms with Crippen LogP contribution in [0, 0.1) is 12.8 Å². The molecule has 1 aromatic heterocycles. The number of amides is 2. The number of carbonyl (C=O) groups is 2. The van der Waals surface area contributed by atoms with Gasteiger partial charge in [-0.3, -0.25) is 9.59 Å². The minimum absolute atomic E-state index is 0.0989. The molecule has 36 heavy (non-hydrogen) atoms. The molecule has 4 rings (SSSR count). The summed E-state index contributed by atoms with van der Waals surface area (Å²) in [6.45, 7) is 3.20. The van der Waals surface area contributed by atoms with Crippen LogP contribution in [0.25, 0.3) is 0 Å². The van der Waals surface area contributed by atoms with Gasteiger partial charge in [0.2, 0.25) is 5.91 Å². The van der Waals surface area contributed by atoms with Crippen molar-refractivity contribution >= 4 is 17.6 Å². The van der Waals surface area contributed by atoms with Crippen molar-refractivity contribution in [2.75, 3.05) is 25.6 Å². The Labute approximate surface area is 207 Å². The van der Waals surface area contributed by atoms with Crippen LogP contribution in [0.3, 0.4) is 0 Å². The van der Waals surface area contributed by atoms with Crippen molar-refractivity contribution < 1.29 is 32.2 Å². The van der Waals surface area contributed by atoms with E-state index in [1.54, 1.807) is 13.4 Å². The Kier molecular flexibility index (Phi) is 7.87. The number of benzene rings is 1. The molecule has 0 radical (unpaired) electrons. The average molecular weight is 509 g/mol. The minimum atomic E-state index is -4.84. The molecule has 2 atom stereocenters. The van der Waals surface area contributed by atoms with Crippen molar-refractivity contribution in [3.8, 4) is 5.75 Å². The van der Waals surface area contributed by atoms with Gasteiger partial charge in [-0.25, -0.2) is 4.98 Å². The van der Waals surface area contributed by atoms with Gasteiger partial charge in [-0.2, -0.15) is 0 Å². The van der Waals surface area contributed by atoms with Crippen LogP contribution in [-0.2, 0) is 9.53 Å². The molecule has 196 valence electrons. The first-order chi connectivity index (χ1) is 17.1. The van der Waals surface area contributed by atoms with Crippen LogP contribution in [0.4, 0.5) is 19.0 Å². The van der Waals surface area contributed by atoms with Gasteiger partial charge in [-0.15, -0.1) is 13.2 Å². The molecule has 2 fully saturated rings. The smallest absolute Gasteiger partial charge is 0.406 e. The molecule has 1 saturated heterocycles. The van der Waals surface area contributed by atoms with Gasteiger partial charge in [0.05, 0.1) is 12.0 Å². The zero-order chi connectivity index (χ0) is 25.9. The third kappa shape index (κ3) is 6.18. The van der Waals surface area contributed by atoms with E-state index >= 15 is 0 Å². The summed E-state index contributed by atoms with van der Waals surface area (Å²) in [5, 5.41) is 3.07. The van der Waals surface area contributed by atoms with Gasteiger partial charge in [-0.05, 0) is 57.2 Å². The lowest BCUT2D eigenvalue weighted by molar-refractivity contribution is -0.274. The molecule has 1 aromatic carbocycles. The van der Waals surface area contributed by atoms with Gasteiger partial charge in [0, 0.05) is 43.8 Å². The number of rotatable bonds is 6. The first-order valence-corrected chi connectivity index (χ1v) is 12.2. The molecule has 8 nitrogen and oxygen atoms in total. The largest absolute Gasteiger partial charge is 0.573 e. The number of aryl methyl sites for hydroxylation is 1. The zero-order valence-corrected chi connectivity index (χ0v) is 20.4. The Hall–Kier alpha value is -3.08. The minimum Gasteiger partial charge on any atom is -0.406 e. The van der Waals surface area contributed by atoms with Crippen molar-refractivity contribution in [2.24, 2.45) is 5.92 Å². The fourth-order valence-corrected chi connectivity index (χ4v) is 5.02. The quantitative estimate of drug-likeness (QED) is 0.611. The van der Waals surface area contributed by atoms with Crippen molar-refractivity contribution in [2.45, 2.75) is 63.9 Å². The third-order valence-corrected chi connectivity index (χ3v) is 7.00. The number of imidazole rings is 1. The summed E-state index contributed by atoms with van der Waals surface area (Å²) in [4.78, 5) is 32.2. The number of hydrogen-bond donors (Lipinski definition) is 1. The van der Waals surface area contributed by atoms with Gasteiger partial charge in [0.1, 0.15) is 11.6 Å². The van der Waals surface area contributed by atoms with E-state index in [0.717, 1.165) is 37.1 Å². The lowest BCUT2D eigenvalue weighted by atomic mass is 9.84. The number of carbonyl (C=O) groups excluding carboxylic acids is 2. The summed E-state index contributed by atoms with van der Waals surface area (Å²) in [7, 11) is 1.62. The highest BCUT2D eigenvalue weighted by atomic mass is 19.4. The summed E-state index contributed by atoms with van der Waals surface area (Å²) >= 11 is 0. The molecule has 2 heterocycles. The fraction of sp³-hybridized carbons (Fsp3) is 0.560. The standard InChI is InChI=1S/C25H31F3N4O4/c1-16-22(32(15-29-16)19-9-11-35-12-10-19)30-23(33)17-5-3-7-20(13-17)31(2)24(34)18-6-4-8-21(14-18)36-25(26,27)28/h4,6,8,14-15,17,19-20H,3,5,7,9-13H2,1-2H3,(H,30,33)/t17-,20+/m1/s1. The van der Waals surface area contributed by atoms with Crippen molar-refractivity contribution in [3.05, 3.63) is 41.9 Å². The Morgan fingerprint density at radius 2 is 1.94 bits per heavy atom. The van der Waals surface area contributed by atoms with Gasteiger partial charge < -0.3 is 24.3 Å². The lowest BCUT2D eigenvalue weighted by Crippen LogP contribution is -2.42. The van der Waals surface area contributed by atoms with Crippen LogP contribution in [0.2, 0.25) is 0 Å². The highest BCUT2D eigenvalue weighted by Crippen LogP contribution is 2.32. The number of halogens is 3. The van der Waals surface area contributed by atoms with E-state index in [9.17, 15) is 22.8 Å². The SMILES string of the molecule is Cc1ncn(C2CCOCC2)c1NC(=O)[C@@H]1CCC[C@H](N(C)C(=O)c2cccc(OC(F)(F)F)c2)C1. The molecule has 1 N–H and O–H groups in total. The van der Waals surface area contributed by atoms with E-state index in [4.69, 9.17) is 4.74 Å². The molecular weight excluding hydrogens is 477 g/mol. The summed E-state index contributed by atoms with van der Waals surface area (Å²) in [6.07, 6.45) is 1.27. The Balaban J connectivity index is 1.41. The highest BCUT2D eigenvalue weighted by Gasteiger charge is 2.34. The molecule has 2 amide bonds. The number of nitrogens with one attached hydrogen (secondary N) is 1. The summed E-state index contributed by atoms with van der Waals surface area (Å²) in [5.41, 5.74) is 0.845. The van der Waals surface area contributed by atoms with Crippen LogP contribution in [0.15, 0.2) is 30.6 Å². The lowest BCUT2D eigenvalue weighted by Gasteiger charge is -2.35. The molecule has 11 heteroatoms. The Bertz CT molecular complexity index is 1080. The number of anilines is 1. The van der Waals surface area contributed by atoms with Crippen molar-refractivity contribution in [1.29, 1.82) is 0 Å². The number of aromatic nitrogens is 2. The first-order valence-electron chi connectivity index (χ1n) is 12.2. The van der Waals surface area contributed by atoms with Crippen molar-refractivity contribution in [3.63, 3.8) is 0 Å². The second kappa shape index (κ2) is 10.9. The predicted octanol–water partition coefficient (Wildman–Crippen LogP) is 4.71. The summed E-state index contributed by atoms with van der Waals surface area (Å²) in [5.74, 6) is -0.574. The highest BCUT2D eigenvalue weighted by molar-refractivity contribution is 5.95. The first kappa shape index (κ1) is 26.0. The van der Waals surface area contributed by atoms with Crippen LogP contribution < -0.4 is 10.1 Å². The fourth-order valence-electron chi connectivity index (χ4n) is 5.02. The Morgan fingerprint density at radius 1 is 1.19 bits per heavy atom. The van der Waals surface area contributed by atoms with Crippen LogP contribution in [0.5, 0.6) is 5.75 Å². The van der Waals surface area contributed by atoms with Crippen LogP contribution in [0.1, 0.15) is 60.6 Å². The molecule has 1 aliphatic heterocycles. The monoisotopic (exact) mass is 508 g/mol. The predicted molar refractivity (Wildman–Crippen MR) is 126 cm³/mol. The van der Waals surface area contributed by atoms with Crippen molar-refractivity contribution in [1.82, 2.24) is 14.5 Å². The molecule has 0 bridgehead atoms. The Morgan fingerprint density at radius 3 is 2.67 bits per heavy atom. The van der Waals surface area contributed by atoms with E-state index in [0.29, 0.717) is 38.3 Å². The van der Waals surface area contributed by atoms with E-state index in [1.165, 1.54) is 17.0 Å². The normalized spacial score (nSPS) is 21.1. The molecule has 0 unspecified atom stereocenters. The number of ether oxygens (including phenoxy) is 2. The number of nitrogens with zero attached hydrogens (tertiary/aromatic N) is 3. The molecule has 1 aliphatic carbocycles. The van der Waals surface area contributed by atoms with Gasteiger partial charge in [-0.1, -0.05) is 12.5 Å². The molecule has 1 saturated carbocycles. The molecular formula is C25H31F3N4O4. The molecule has 2 aromatic rings. The van der Waals surface area contributed by atoms with Crippen LogP contribution >= 0.6 is 0 Å². The second-order valence-electron chi connectivity index (χ2n) is 9.43. The van der Waals surface area contributed by atoms with E-state index in [1.807, 2.05) is 11.5 Å². The van der Waals surface area contributed by atoms with E-state index in [2.05, 4.69) is 15.0 Å². The second-order valence-corrected chi connectivity index (χ2v) is 9.43. The van der Waals surface area contributed by atoms with Gasteiger partial charge in [0.25, 0.3) is 5.91 Å². The number of hydrogen-bond acceptors (Lipinski definition) is 5. The average Bonchev–Trinajstić information content (AvgIpc) is 3.22.